The molecule has 2 rings (SSSR count). The molecule has 24 heavy (non-hydrogen) atoms. The van der Waals surface area contributed by atoms with Crippen molar-refractivity contribution in [3.63, 3.8) is 0 Å². The summed E-state index contributed by atoms with van der Waals surface area (Å²) in [5.41, 5.74) is 1.94. The molecule has 5 nitrogen and oxygen atoms in total. The van der Waals surface area contributed by atoms with E-state index in [0.29, 0.717) is 0 Å². The molecule has 1 aliphatic rings. The van der Waals surface area contributed by atoms with Crippen molar-refractivity contribution in [3.8, 4) is 0 Å². The molecule has 0 aromatic heterocycles. The van der Waals surface area contributed by atoms with Crippen LogP contribution in [0.4, 0.5) is 5.69 Å². The van der Waals surface area contributed by atoms with Gasteiger partial charge in [-0.25, -0.2) is 0 Å². The largest absolute Gasteiger partial charge is 0.336 e. The summed E-state index contributed by atoms with van der Waals surface area (Å²) in [6, 6.07) is 7.89. The van der Waals surface area contributed by atoms with Gasteiger partial charge in [0.2, 0.25) is 11.8 Å². The number of thioether (sulfide) groups is 1. The Bertz CT molecular complexity index is 553. The van der Waals surface area contributed by atoms with Gasteiger partial charge in [0.15, 0.2) is 0 Å². The fourth-order valence-electron chi connectivity index (χ4n) is 2.51. The highest BCUT2D eigenvalue weighted by Gasteiger charge is 2.27. The maximum atomic E-state index is 12.5. The van der Waals surface area contributed by atoms with Crippen LogP contribution >= 0.6 is 24.2 Å². The van der Waals surface area contributed by atoms with E-state index in [1.807, 2.05) is 49.9 Å². The molecule has 2 atom stereocenters. The summed E-state index contributed by atoms with van der Waals surface area (Å²) in [6.45, 7) is 8.33. The van der Waals surface area contributed by atoms with Crippen LogP contribution in [0.15, 0.2) is 24.3 Å². The molecular formula is C17H26ClN3O2S. The summed E-state index contributed by atoms with van der Waals surface area (Å²) in [6.07, 6.45) is 0. The van der Waals surface area contributed by atoms with Crippen molar-refractivity contribution in [1.29, 1.82) is 0 Å². The van der Waals surface area contributed by atoms with Crippen LogP contribution in [-0.4, -0.2) is 53.4 Å². The van der Waals surface area contributed by atoms with Gasteiger partial charge < -0.3 is 15.5 Å². The second-order valence-corrected chi connectivity index (χ2v) is 7.28. The molecule has 0 saturated carbocycles. The van der Waals surface area contributed by atoms with Crippen molar-refractivity contribution in [1.82, 2.24) is 10.2 Å². The zero-order chi connectivity index (χ0) is 16.8. The number of nitrogens with zero attached hydrogens (tertiary/aromatic N) is 1. The first-order valence-corrected chi connectivity index (χ1v) is 9.01. The summed E-state index contributed by atoms with van der Waals surface area (Å²) < 4.78 is 0. The maximum absolute atomic E-state index is 12.5. The van der Waals surface area contributed by atoms with Crippen LogP contribution in [-0.2, 0) is 9.59 Å². The van der Waals surface area contributed by atoms with Crippen molar-refractivity contribution in [3.05, 3.63) is 29.8 Å². The van der Waals surface area contributed by atoms with E-state index in [2.05, 4.69) is 10.6 Å². The molecule has 1 aromatic rings. The molecule has 1 saturated heterocycles. The van der Waals surface area contributed by atoms with Crippen LogP contribution in [0.2, 0.25) is 0 Å². The predicted molar refractivity (Wildman–Crippen MR) is 103 cm³/mol. The molecule has 0 bridgehead atoms. The minimum atomic E-state index is -0.209. The highest BCUT2D eigenvalue weighted by molar-refractivity contribution is 8.01. The van der Waals surface area contributed by atoms with Gasteiger partial charge in [0, 0.05) is 31.4 Å². The summed E-state index contributed by atoms with van der Waals surface area (Å²) in [5, 5.41) is 5.92. The predicted octanol–water partition coefficient (Wildman–Crippen LogP) is 2.30. The fraction of sp³-hybridized carbons (Fsp3) is 0.529. The van der Waals surface area contributed by atoms with Gasteiger partial charge in [-0.1, -0.05) is 17.7 Å². The molecule has 2 N–H and O–H groups in total. The average molecular weight is 372 g/mol. The van der Waals surface area contributed by atoms with E-state index in [9.17, 15) is 9.59 Å². The number of amides is 2. The van der Waals surface area contributed by atoms with E-state index in [0.717, 1.165) is 30.9 Å². The van der Waals surface area contributed by atoms with E-state index in [4.69, 9.17) is 0 Å². The third kappa shape index (κ3) is 6.00. The monoisotopic (exact) mass is 371 g/mol. The van der Waals surface area contributed by atoms with Gasteiger partial charge in [0.05, 0.1) is 11.0 Å². The van der Waals surface area contributed by atoms with Gasteiger partial charge in [-0.05, 0) is 32.9 Å². The Hall–Kier alpha value is -1.24. The van der Waals surface area contributed by atoms with Gasteiger partial charge in [-0.15, -0.1) is 24.2 Å². The van der Waals surface area contributed by atoms with Gasteiger partial charge in [0.25, 0.3) is 0 Å². The van der Waals surface area contributed by atoms with Gasteiger partial charge >= 0.3 is 0 Å². The molecule has 1 aliphatic heterocycles. The van der Waals surface area contributed by atoms with Crippen molar-refractivity contribution in [2.24, 2.45) is 0 Å². The number of halogens is 1. The highest BCUT2D eigenvalue weighted by Crippen LogP contribution is 2.17. The van der Waals surface area contributed by atoms with Crippen LogP contribution in [0, 0.1) is 6.92 Å². The number of piperazine rings is 1. The lowest BCUT2D eigenvalue weighted by molar-refractivity contribution is -0.133. The van der Waals surface area contributed by atoms with E-state index < -0.39 is 0 Å². The number of aryl methyl sites for hydroxylation is 1. The van der Waals surface area contributed by atoms with Crippen LogP contribution in [0.5, 0.6) is 0 Å². The lowest BCUT2D eigenvalue weighted by Gasteiger charge is -2.35. The maximum Gasteiger partial charge on any atom is 0.235 e. The van der Waals surface area contributed by atoms with Gasteiger partial charge in [0.1, 0.15) is 0 Å². The number of benzene rings is 1. The fourth-order valence-corrected chi connectivity index (χ4v) is 3.26. The van der Waals surface area contributed by atoms with E-state index in [-0.39, 0.29) is 41.3 Å². The first-order chi connectivity index (χ1) is 11.0. The Morgan fingerprint density at radius 3 is 2.67 bits per heavy atom. The summed E-state index contributed by atoms with van der Waals surface area (Å²) in [7, 11) is 0. The number of carbonyl (C=O) groups excluding carboxylic acids is 2. The number of carbonyl (C=O) groups is 2. The summed E-state index contributed by atoms with van der Waals surface area (Å²) >= 11 is 1.39. The van der Waals surface area contributed by atoms with E-state index >= 15 is 0 Å². The summed E-state index contributed by atoms with van der Waals surface area (Å²) in [4.78, 5) is 26.4. The second kappa shape index (κ2) is 9.91. The van der Waals surface area contributed by atoms with E-state index in [1.54, 1.807) is 0 Å². The van der Waals surface area contributed by atoms with Crippen LogP contribution in [0.25, 0.3) is 0 Å². The third-order valence-electron chi connectivity index (χ3n) is 3.93. The van der Waals surface area contributed by atoms with Crippen molar-refractivity contribution in [2.75, 3.05) is 30.7 Å². The molecule has 1 unspecified atom stereocenters. The lowest BCUT2D eigenvalue weighted by Crippen LogP contribution is -2.54. The Kier molecular flexibility index (Phi) is 8.59. The van der Waals surface area contributed by atoms with E-state index in [1.165, 1.54) is 11.8 Å². The van der Waals surface area contributed by atoms with Crippen LogP contribution in [0.3, 0.4) is 0 Å². The standard InChI is InChI=1S/C17H25N3O2S.ClH/c1-12-4-6-15(7-5-12)19-16(21)11-23-14(3)17(22)20-9-8-18-10-13(20)2;/h4-7,13-14,18H,8-11H2,1-3H3,(H,19,21);1H/t13-,14?;/m1./s1. The Labute approximate surface area is 154 Å². The molecule has 0 aliphatic carbocycles. The van der Waals surface area contributed by atoms with Gasteiger partial charge in [-0.2, -0.15) is 0 Å². The topological polar surface area (TPSA) is 61.4 Å². The molecule has 1 heterocycles. The van der Waals surface area contributed by atoms with Gasteiger partial charge in [-0.3, -0.25) is 9.59 Å². The Morgan fingerprint density at radius 1 is 1.38 bits per heavy atom. The first kappa shape index (κ1) is 20.8. The third-order valence-corrected chi connectivity index (χ3v) is 5.06. The van der Waals surface area contributed by atoms with Crippen LogP contribution in [0.1, 0.15) is 19.4 Å². The van der Waals surface area contributed by atoms with Crippen molar-refractivity contribution in [2.45, 2.75) is 32.1 Å². The molecule has 1 aromatic carbocycles. The quantitative estimate of drug-likeness (QED) is 0.833. The Balaban J connectivity index is 0.00000288. The molecular weight excluding hydrogens is 346 g/mol. The van der Waals surface area contributed by atoms with Crippen molar-refractivity contribution >= 4 is 41.7 Å². The zero-order valence-electron chi connectivity index (χ0n) is 14.4. The molecule has 2 amide bonds. The summed E-state index contributed by atoms with van der Waals surface area (Å²) in [5.74, 6) is 0.320. The minimum Gasteiger partial charge on any atom is -0.336 e. The average Bonchev–Trinajstić information content (AvgIpc) is 2.54. The molecule has 7 heteroatoms. The zero-order valence-corrected chi connectivity index (χ0v) is 16.0. The highest BCUT2D eigenvalue weighted by atomic mass is 35.5. The van der Waals surface area contributed by atoms with Crippen molar-refractivity contribution < 1.29 is 9.59 Å². The molecule has 0 radical (unpaired) electrons. The normalized spacial score (nSPS) is 18.5. The SMILES string of the molecule is Cc1ccc(NC(=O)CSC(C)C(=O)N2CCNC[C@H]2C)cc1.Cl. The smallest absolute Gasteiger partial charge is 0.235 e. The first-order valence-electron chi connectivity index (χ1n) is 7.96. The molecule has 134 valence electrons. The number of nitrogens with one attached hydrogen (secondary N) is 2. The number of hydrogen-bond donors (Lipinski definition) is 2. The number of rotatable bonds is 5. The van der Waals surface area contributed by atoms with Crippen LogP contribution < -0.4 is 10.6 Å². The number of anilines is 1. The lowest BCUT2D eigenvalue weighted by atomic mass is 10.2. The minimum absolute atomic E-state index is 0. The molecule has 0 spiro atoms. The second-order valence-electron chi connectivity index (χ2n) is 5.95. The number of hydrogen-bond acceptors (Lipinski definition) is 4. The Morgan fingerprint density at radius 2 is 2.04 bits per heavy atom. The molecule has 1 fully saturated rings.